The van der Waals surface area contributed by atoms with Crippen LogP contribution in [0.15, 0.2) is 24.3 Å². The number of nitrogens with one attached hydrogen (secondary N) is 1. The highest BCUT2D eigenvalue weighted by molar-refractivity contribution is 5.94. The van der Waals surface area contributed by atoms with Gasteiger partial charge in [-0.2, -0.15) is 0 Å². The third-order valence-electron chi connectivity index (χ3n) is 4.35. The number of hydrogen-bond acceptors (Lipinski definition) is 6. The Morgan fingerprint density at radius 3 is 2.45 bits per heavy atom. The zero-order valence-corrected chi connectivity index (χ0v) is 17.3. The summed E-state index contributed by atoms with van der Waals surface area (Å²) in [7, 11) is 1.51. The van der Waals surface area contributed by atoms with Crippen LogP contribution in [0.2, 0.25) is 0 Å². The highest BCUT2D eigenvalue weighted by Gasteiger charge is 2.19. The summed E-state index contributed by atoms with van der Waals surface area (Å²) in [6.07, 6.45) is 0. The maximum atomic E-state index is 12.2. The molecule has 0 aliphatic rings. The molecule has 29 heavy (non-hydrogen) atoms. The van der Waals surface area contributed by atoms with E-state index >= 15 is 0 Å². The van der Waals surface area contributed by atoms with Crippen molar-refractivity contribution in [2.24, 2.45) is 0 Å². The van der Waals surface area contributed by atoms with E-state index in [9.17, 15) is 14.4 Å². The van der Waals surface area contributed by atoms with Gasteiger partial charge < -0.3 is 24.1 Å². The minimum atomic E-state index is -0.589. The molecule has 0 radical (unpaired) electrons. The monoisotopic (exact) mass is 402 g/mol. The molecule has 156 valence electrons. The second kappa shape index (κ2) is 9.77. The zero-order valence-electron chi connectivity index (χ0n) is 17.3. The summed E-state index contributed by atoms with van der Waals surface area (Å²) in [5, 5.41) is 2.67. The Bertz CT molecular complexity index is 916. The van der Waals surface area contributed by atoms with Crippen LogP contribution in [0.25, 0.3) is 0 Å². The largest absolute Gasteiger partial charge is 0.495 e. The molecule has 0 aliphatic carbocycles. The highest BCUT2D eigenvalue weighted by atomic mass is 16.5. The normalized spacial score (nSPS) is 10.4. The molecular formula is C21H26N2O6. The van der Waals surface area contributed by atoms with Crippen LogP contribution in [0, 0.1) is 20.8 Å². The molecule has 0 aliphatic heterocycles. The van der Waals surface area contributed by atoms with Gasteiger partial charge in [0.05, 0.1) is 25.0 Å². The molecule has 0 bridgehead atoms. The van der Waals surface area contributed by atoms with E-state index in [1.54, 1.807) is 43.5 Å². The summed E-state index contributed by atoms with van der Waals surface area (Å²) in [6, 6.07) is 7.04. The van der Waals surface area contributed by atoms with Crippen molar-refractivity contribution in [3.8, 4) is 5.75 Å². The molecule has 1 heterocycles. The maximum absolute atomic E-state index is 12.2. The van der Waals surface area contributed by atoms with Crippen LogP contribution < -0.4 is 10.1 Å². The third kappa shape index (κ3) is 5.60. The molecule has 0 unspecified atom stereocenters. The van der Waals surface area contributed by atoms with Crippen LogP contribution in [-0.2, 0) is 25.6 Å². The van der Waals surface area contributed by atoms with E-state index in [1.165, 1.54) is 7.11 Å². The van der Waals surface area contributed by atoms with Crippen LogP contribution in [0.1, 0.15) is 34.2 Å². The van der Waals surface area contributed by atoms with Gasteiger partial charge in [-0.3, -0.25) is 9.59 Å². The molecular weight excluding hydrogens is 376 g/mol. The molecule has 0 saturated carbocycles. The molecule has 2 aromatic rings. The first kappa shape index (κ1) is 22.0. The molecule has 1 aromatic heterocycles. The summed E-state index contributed by atoms with van der Waals surface area (Å²) in [4.78, 5) is 36.3. The topological polar surface area (TPSA) is 95.9 Å². The number of anilines is 1. The predicted molar refractivity (Wildman–Crippen MR) is 107 cm³/mol. The molecule has 8 nitrogen and oxygen atoms in total. The summed E-state index contributed by atoms with van der Waals surface area (Å²) >= 11 is 0. The van der Waals surface area contributed by atoms with E-state index in [-0.39, 0.29) is 13.2 Å². The van der Waals surface area contributed by atoms with Crippen molar-refractivity contribution in [1.82, 2.24) is 4.57 Å². The molecule has 2 rings (SSSR count). The molecule has 1 N–H and O–H groups in total. The minimum absolute atomic E-state index is 0.113. The minimum Gasteiger partial charge on any atom is -0.495 e. The highest BCUT2D eigenvalue weighted by Crippen LogP contribution is 2.25. The van der Waals surface area contributed by atoms with Crippen molar-refractivity contribution in [3.05, 3.63) is 46.8 Å². The Balaban J connectivity index is 1.96. The van der Waals surface area contributed by atoms with Crippen LogP contribution in [0.3, 0.4) is 0 Å². The fourth-order valence-electron chi connectivity index (χ4n) is 2.89. The average molecular weight is 402 g/mol. The quantitative estimate of drug-likeness (QED) is 0.682. The van der Waals surface area contributed by atoms with Crippen LogP contribution in [0.4, 0.5) is 5.69 Å². The van der Waals surface area contributed by atoms with Gasteiger partial charge in [0, 0.05) is 11.4 Å². The van der Waals surface area contributed by atoms with Crippen LogP contribution in [-0.4, -0.2) is 42.7 Å². The van der Waals surface area contributed by atoms with E-state index in [4.69, 9.17) is 14.2 Å². The lowest BCUT2D eigenvalue weighted by atomic mass is 10.2. The Morgan fingerprint density at radius 2 is 1.79 bits per heavy atom. The van der Waals surface area contributed by atoms with Gasteiger partial charge in [0.2, 0.25) is 0 Å². The number of benzene rings is 1. The first-order valence-electron chi connectivity index (χ1n) is 9.20. The van der Waals surface area contributed by atoms with Gasteiger partial charge in [-0.05, 0) is 51.5 Å². The van der Waals surface area contributed by atoms with Gasteiger partial charge >= 0.3 is 11.9 Å². The SMILES string of the molecule is CCOC(=O)c1cc(C)n(CC(=O)OCC(=O)Nc2cc(C)ccc2OC)c1C. The Hall–Kier alpha value is -3.29. The fraction of sp³-hybridized carbons (Fsp3) is 0.381. The first-order valence-corrected chi connectivity index (χ1v) is 9.20. The summed E-state index contributed by atoms with van der Waals surface area (Å²) in [5.74, 6) is -0.990. The fourth-order valence-corrected chi connectivity index (χ4v) is 2.89. The van der Waals surface area contributed by atoms with Crippen molar-refractivity contribution < 1.29 is 28.6 Å². The zero-order chi connectivity index (χ0) is 21.6. The molecule has 0 fully saturated rings. The van der Waals surface area contributed by atoms with E-state index in [0.717, 1.165) is 11.3 Å². The predicted octanol–water partition coefficient (Wildman–Crippen LogP) is 2.78. The third-order valence-corrected chi connectivity index (χ3v) is 4.35. The molecule has 1 aromatic carbocycles. The van der Waals surface area contributed by atoms with Crippen molar-refractivity contribution in [2.45, 2.75) is 34.2 Å². The molecule has 0 spiro atoms. The summed E-state index contributed by atoms with van der Waals surface area (Å²) in [5.41, 5.74) is 3.18. The second-order valence-corrected chi connectivity index (χ2v) is 6.50. The van der Waals surface area contributed by atoms with Gasteiger partial charge in [0.25, 0.3) is 5.91 Å². The number of methoxy groups -OCH3 is 1. The van der Waals surface area contributed by atoms with Gasteiger partial charge in [0.15, 0.2) is 6.61 Å². The number of aryl methyl sites for hydroxylation is 2. The Labute approximate surface area is 169 Å². The number of rotatable bonds is 8. The van der Waals surface area contributed by atoms with Crippen molar-refractivity contribution >= 4 is 23.5 Å². The summed E-state index contributed by atoms with van der Waals surface area (Å²) < 4.78 is 17.0. The molecule has 0 atom stereocenters. The van der Waals surface area contributed by atoms with E-state index in [1.807, 2.05) is 13.0 Å². The number of hydrogen-bond donors (Lipinski definition) is 1. The van der Waals surface area contributed by atoms with E-state index in [0.29, 0.717) is 22.7 Å². The number of amides is 1. The van der Waals surface area contributed by atoms with Gasteiger partial charge in [-0.25, -0.2) is 4.79 Å². The van der Waals surface area contributed by atoms with Crippen molar-refractivity contribution in [3.63, 3.8) is 0 Å². The van der Waals surface area contributed by atoms with Gasteiger partial charge in [-0.15, -0.1) is 0 Å². The Morgan fingerprint density at radius 1 is 1.07 bits per heavy atom. The number of carbonyl (C=O) groups is 3. The number of aromatic nitrogens is 1. The number of esters is 2. The second-order valence-electron chi connectivity index (χ2n) is 6.50. The Kier molecular flexibility index (Phi) is 7.41. The molecule has 8 heteroatoms. The van der Waals surface area contributed by atoms with Crippen molar-refractivity contribution in [2.75, 3.05) is 25.6 Å². The lowest BCUT2D eigenvalue weighted by molar-refractivity contribution is -0.147. The number of ether oxygens (including phenoxy) is 3. The van der Waals surface area contributed by atoms with Crippen LogP contribution >= 0.6 is 0 Å². The standard InChI is InChI=1S/C21H26N2O6/c1-6-28-21(26)16-10-14(3)23(15(16)4)11-20(25)29-12-19(24)22-17-9-13(2)7-8-18(17)27-5/h7-10H,6,11-12H2,1-5H3,(H,22,24). The maximum Gasteiger partial charge on any atom is 0.339 e. The smallest absolute Gasteiger partial charge is 0.339 e. The van der Waals surface area contributed by atoms with E-state index < -0.39 is 24.5 Å². The lowest BCUT2D eigenvalue weighted by Crippen LogP contribution is -2.23. The first-order chi connectivity index (χ1) is 13.8. The number of nitrogens with zero attached hydrogens (tertiary/aromatic N) is 1. The van der Waals surface area contributed by atoms with Gasteiger partial charge in [-0.1, -0.05) is 6.07 Å². The van der Waals surface area contributed by atoms with Crippen LogP contribution in [0.5, 0.6) is 5.75 Å². The number of carbonyl (C=O) groups excluding carboxylic acids is 3. The molecule has 1 amide bonds. The lowest BCUT2D eigenvalue weighted by Gasteiger charge is -2.12. The molecule has 0 saturated heterocycles. The van der Waals surface area contributed by atoms with Gasteiger partial charge in [0.1, 0.15) is 12.3 Å². The van der Waals surface area contributed by atoms with Crippen molar-refractivity contribution in [1.29, 1.82) is 0 Å². The summed E-state index contributed by atoms with van der Waals surface area (Å²) in [6.45, 7) is 6.85. The average Bonchev–Trinajstić information content (AvgIpc) is 2.95. The van der Waals surface area contributed by atoms with E-state index in [2.05, 4.69) is 5.32 Å².